The average Bonchev–Trinajstić information content (AvgIpc) is 2.89. The smallest absolute Gasteiger partial charge is 0.410 e. The number of benzene rings is 1. The second-order valence-electron chi connectivity index (χ2n) is 6.18. The molecule has 0 bridgehead atoms. The third-order valence-corrected chi connectivity index (χ3v) is 4.63. The Kier molecular flexibility index (Phi) is 4.62. The van der Waals surface area contributed by atoms with Crippen LogP contribution < -0.4 is 10.1 Å². The number of esters is 1. The summed E-state index contributed by atoms with van der Waals surface area (Å²) in [4.78, 5) is 25.6. The first-order valence-corrected chi connectivity index (χ1v) is 8.01. The van der Waals surface area contributed by atoms with E-state index in [-0.39, 0.29) is 11.7 Å². The van der Waals surface area contributed by atoms with Crippen LogP contribution in [0, 0.1) is 0 Å². The van der Waals surface area contributed by atoms with Crippen molar-refractivity contribution in [2.24, 2.45) is 0 Å². The molecule has 130 valence electrons. The van der Waals surface area contributed by atoms with Crippen LogP contribution in [-0.2, 0) is 16.0 Å². The van der Waals surface area contributed by atoms with Crippen molar-refractivity contribution in [1.29, 1.82) is 0 Å². The lowest BCUT2D eigenvalue weighted by Crippen LogP contribution is -2.44. The highest BCUT2D eigenvalue weighted by molar-refractivity contribution is 5.90. The molecule has 0 aliphatic carbocycles. The lowest BCUT2D eigenvalue weighted by Gasteiger charge is -2.31. The Balaban J connectivity index is 1.76. The van der Waals surface area contributed by atoms with Crippen molar-refractivity contribution in [2.75, 3.05) is 33.9 Å². The molecule has 2 fully saturated rings. The summed E-state index contributed by atoms with van der Waals surface area (Å²) in [6, 6.07) is 5.08. The first-order chi connectivity index (χ1) is 11.6. The van der Waals surface area contributed by atoms with Crippen molar-refractivity contribution in [1.82, 2.24) is 10.2 Å². The number of amides is 1. The lowest BCUT2D eigenvalue weighted by atomic mass is 9.92. The Hall–Kier alpha value is -2.28. The summed E-state index contributed by atoms with van der Waals surface area (Å²) in [5, 5.41) is 3.28. The zero-order valence-electron chi connectivity index (χ0n) is 14.0. The molecule has 7 nitrogen and oxygen atoms in total. The number of carbonyl (C=O) groups is 2. The van der Waals surface area contributed by atoms with Crippen LogP contribution in [0.5, 0.6) is 5.75 Å². The SMILES string of the molecule is COC(=O)c1ccc(CN2CC3(CCNCC3)OC2=O)c(OC)c1. The molecule has 24 heavy (non-hydrogen) atoms. The first-order valence-electron chi connectivity index (χ1n) is 8.01. The third kappa shape index (κ3) is 3.17. The van der Waals surface area contributed by atoms with Gasteiger partial charge in [-0.25, -0.2) is 9.59 Å². The van der Waals surface area contributed by atoms with Gasteiger partial charge in [0.2, 0.25) is 0 Å². The Labute approximate surface area is 140 Å². The van der Waals surface area contributed by atoms with Gasteiger partial charge in [0.15, 0.2) is 0 Å². The third-order valence-electron chi connectivity index (χ3n) is 4.63. The molecule has 0 saturated carbocycles. The van der Waals surface area contributed by atoms with Gasteiger partial charge in [0.25, 0.3) is 0 Å². The van der Waals surface area contributed by atoms with Gasteiger partial charge in [0, 0.05) is 18.4 Å². The number of carbonyl (C=O) groups excluding carboxylic acids is 2. The highest BCUT2D eigenvalue weighted by atomic mass is 16.6. The molecule has 7 heteroatoms. The van der Waals surface area contributed by atoms with Crippen LogP contribution in [0.3, 0.4) is 0 Å². The molecule has 2 saturated heterocycles. The summed E-state index contributed by atoms with van der Waals surface area (Å²) >= 11 is 0. The van der Waals surface area contributed by atoms with Gasteiger partial charge in [-0.1, -0.05) is 6.07 Å². The van der Waals surface area contributed by atoms with Crippen molar-refractivity contribution >= 4 is 12.1 Å². The molecule has 0 unspecified atom stereocenters. The number of hydrogen-bond donors (Lipinski definition) is 1. The van der Waals surface area contributed by atoms with Crippen molar-refractivity contribution in [3.05, 3.63) is 29.3 Å². The highest BCUT2D eigenvalue weighted by Crippen LogP contribution is 2.33. The Bertz CT molecular complexity index is 640. The van der Waals surface area contributed by atoms with E-state index < -0.39 is 5.97 Å². The number of nitrogens with one attached hydrogen (secondary N) is 1. The second-order valence-corrected chi connectivity index (χ2v) is 6.18. The minimum absolute atomic E-state index is 0.295. The molecule has 0 atom stereocenters. The quantitative estimate of drug-likeness (QED) is 0.842. The zero-order chi connectivity index (χ0) is 17.2. The number of methoxy groups -OCH3 is 2. The molecule has 1 amide bonds. The van der Waals surface area contributed by atoms with Crippen molar-refractivity contribution in [3.8, 4) is 5.75 Å². The van der Waals surface area contributed by atoms with Gasteiger partial charge in [0.05, 0.1) is 32.9 Å². The summed E-state index contributed by atoms with van der Waals surface area (Å²) in [6.07, 6.45) is 1.36. The lowest BCUT2D eigenvalue weighted by molar-refractivity contribution is 0.0316. The van der Waals surface area contributed by atoms with Gasteiger partial charge < -0.3 is 19.5 Å². The molecule has 0 radical (unpaired) electrons. The molecular weight excluding hydrogens is 312 g/mol. The maximum atomic E-state index is 12.2. The standard InChI is InChI=1S/C17H22N2O5/c1-22-14-9-12(15(20)23-2)3-4-13(14)10-19-11-17(24-16(19)21)5-7-18-8-6-17/h3-4,9,18H,5-8,10-11H2,1-2H3. The fourth-order valence-corrected chi connectivity index (χ4v) is 3.28. The first kappa shape index (κ1) is 16.6. The van der Waals surface area contributed by atoms with Crippen LogP contribution in [0.25, 0.3) is 0 Å². The van der Waals surface area contributed by atoms with Crippen LogP contribution >= 0.6 is 0 Å². The van der Waals surface area contributed by atoms with Gasteiger partial charge in [-0.3, -0.25) is 4.90 Å². The summed E-state index contributed by atoms with van der Waals surface area (Å²) in [5.74, 6) is 0.131. The van der Waals surface area contributed by atoms with Crippen molar-refractivity contribution in [2.45, 2.75) is 25.0 Å². The summed E-state index contributed by atoms with van der Waals surface area (Å²) in [6.45, 7) is 2.69. The van der Waals surface area contributed by atoms with Crippen LogP contribution in [0.4, 0.5) is 4.79 Å². The number of hydrogen-bond acceptors (Lipinski definition) is 6. The molecule has 1 aromatic rings. The number of nitrogens with zero attached hydrogens (tertiary/aromatic N) is 1. The summed E-state index contributed by atoms with van der Waals surface area (Å²) < 4.78 is 15.7. The van der Waals surface area contributed by atoms with E-state index >= 15 is 0 Å². The average molecular weight is 334 g/mol. The summed E-state index contributed by atoms with van der Waals surface area (Å²) in [7, 11) is 2.87. The molecule has 3 rings (SSSR count). The second kappa shape index (κ2) is 6.68. The van der Waals surface area contributed by atoms with E-state index in [1.807, 2.05) is 0 Å². The van der Waals surface area contributed by atoms with E-state index in [0.29, 0.717) is 24.4 Å². The van der Waals surface area contributed by atoms with E-state index in [1.54, 1.807) is 23.1 Å². The Morgan fingerprint density at radius 1 is 1.33 bits per heavy atom. The Morgan fingerprint density at radius 2 is 2.08 bits per heavy atom. The van der Waals surface area contributed by atoms with Gasteiger partial charge in [-0.15, -0.1) is 0 Å². The highest BCUT2D eigenvalue weighted by Gasteiger charge is 2.45. The largest absolute Gasteiger partial charge is 0.496 e. The topological polar surface area (TPSA) is 77.1 Å². The van der Waals surface area contributed by atoms with Gasteiger partial charge in [-0.05, 0) is 25.2 Å². The fourth-order valence-electron chi connectivity index (χ4n) is 3.28. The predicted molar refractivity (Wildman–Crippen MR) is 86.1 cm³/mol. The molecule has 1 N–H and O–H groups in total. The Morgan fingerprint density at radius 3 is 2.75 bits per heavy atom. The maximum absolute atomic E-state index is 12.2. The van der Waals surface area contributed by atoms with Crippen molar-refractivity contribution < 1.29 is 23.8 Å². The van der Waals surface area contributed by atoms with E-state index in [9.17, 15) is 9.59 Å². The monoisotopic (exact) mass is 334 g/mol. The molecule has 1 aromatic carbocycles. The van der Waals surface area contributed by atoms with Crippen LogP contribution in [0.15, 0.2) is 18.2 Å². The van der Waals surface area contributed by atoms with Crippen molar-refractivity contribution in [3.63, 3.8) is 0 Å². The number of piperidine rings is 1. The molecule has 2 aliphatic rings. The maximum Gasteiger partial charge on any atom is 0.410 e. The minimum atomic E-state index is -0.422. The number of rotatable bonds is 4. The molecule has 0 aromatic heterocycles. The minimum Gasteiger partial charge on any atom is -0.496 e. The molecule has 2 heterocycles. The van der Waals surface area contributed by atoms with Gasteiger partial charge in [0.1, 0.15) is 11.4 Å². The van der Waals surface area contributed by atoms with E-state index in [1.165, 1.54) is 14.2 Å². The van der Waals surface area contributed by atoms with E-state index in [4.69, 9.17) is 14.2 Å². The molecule has 2 aliphatic heterocycles. The fraction of sp³-hybridized carbons (Fsp3) is 0.529. The van der Waals surface area contributed by atoms with Gasteiger partial charge >= 0.3 is 12.1 Å². The van der Waals surface area contributed by atoms with E-state index in [0.717, 1.165) is 31.5 Å². The predicted octanol–water partition coefficient (Wildman–Crippen LogP) is 1.56. The molecule has 1 spiro atoms. The number of ether oxygens (including phenoxy) is 3. The van der Waals surface area contributed by atoms with Gasteiger partial charge in [-0.2, -0.15) is 0 Å². The zero-order valence-corrected chi connectivity index (χ0v) is 14.0. The van der Waals surface area contributed by atoms with Crippen LogP contribution in [-0.4, -0.2) is 56.4 Å². The van der Waals surface area contributed by atoms with Crippen LogP contribution in [0.1, 0.15) is 28.8 Å². The summed E-state index contributed by atoms with van der Waals surface area (Å²) in [5.41, 5.74) is 0.867. The normalized spacial score (nSPS) is 19.2. The molecular formula is C17H22N2O5. The van der Waals surface area contributed by atoms with E-state index in [2.05, 4.69) is 5.32 Å². The van der Waals surface area contributed by atoms with Crippen LogP contribution in [0.2, 0.25) is 0 Å².